The molecule has 1 saturated carbocycles. The number of carbonyl (C=O) groups excluding carboxylic acids is 1. The van der Waals surface area contributed by atoms with E-state index < -0.39 is 0 Å². The summed E-state index contributed by atoms with van der Waals surface area (Å²) < 4.78 is 5.75. The maximum atomic E-state index is 12.9. The molecule has 170 valence electrons. The number of nitrogens with zero attached hydrogens (tertiary/aromatic N) is 3. The predicted octanol–water partition coefficient (Wildman–Crippen LogP) is 3.52. The predicted molar refractivity (Wildman–Crippen MR) is 124 cm³/mol. The van der Waals surface area contributed by atoms with Crippen LogP contribution in [0, 0.1) is 11.8 Å². The fourth-order valence-corrected chi connectivity index (χ4v) is 5.45. The summed E-state index contributed by atoms with van der Waals surface area (Å²) in [6.07, 6.45) is 5.68. The summed E-state index contributed by atoms with van der Waals surface area (Å²) in [6.45, 7) is 11.3. The number of benzene rings is 1. The van der Waals surface area contributed by atoms with Crippen molar-refractivity contribution in [1.82, 2.24) is 15.1 Å². The third kappa shape index (κ3) is 5.40. The minimum absolute atomic E-state index is 0.0835. The standard InChI is InChI=1S/C25H38N4O2/c1-4-26-25(29-16-22-7-5-6-8-23(22)17-29)27-13-20-9-11-21(12-10-20)24(30)28-14-18(2)31-19(3)15-28/h9-12,18-19,22-23H,4-8,13-17H2,1-3H3,(H,26,27). The van der Waals surface area contributed by atoms with Crippen molar-refractivity contribution < 1.29 is 9.53 Å². The van der Waals surface area contributed by atoms with Crippen LogP contribution >= 0.6 is 0 Å². The Labute approximate surface area is 187 Å². The first-order chi connectivity index (χ1) is 15.0. The Morgan fingerprint density at radius 2 is 1.61 bits per heavy atom. The zero-order chi connectivity index (χ0) is 21.8. The second kappa shape index (κ2) is 10.0. The fourth-order valence-electron chi connectivity index (χ4n) is 5.45. The highest BCUT2D eigenvalue weighted by molar-refractivity contribution is 5.94. The van der Waals surface area contributed by atoms with Gasteiger partial charge in [-0.15, -0.1) is 0 Å². The van der Waals surface area contributed by atoms with Gasteiger partial charge in [-0.2, -0.15) is 0 Å². The first-order valence-corrected chi connectivity index (χ1v) is 12.1. The zero-order valence-corrected chi connectivity index (χ0v) is 19.3. The SMILES string of the molecule is CCNC(=NCc1ccc(C(=O)N2CC(C)OC(C)C2)cc1)N1CC2CCCCC2C1. The van der Waals surface area contributed by atoms with Crippen LogP contribution < -0.4 is 5.32 Å². The van der Waals surface area contributed by atoms with Crippen LogP contribution in [0.3, 0.4) is 0 Å². The highest BCUT2D eigenvalue weighted by Crippen LogP contribution is 2.36. The van der Waals surface area contributed by atoms with E-state index in [1.165, 1.54) is 25.7 Å². The first-order valence-electron chi connectivity index (χ1n) is 12.1. The van der Waals surface area contributed by atoms with E-state index in [1.54, 1.807) is 0 Å². The zero-order valence-electron chi connectivity index (χ0n) is 19.3. The Balaban J connectivity index is 1.38. The molecule has 0 spiro atoms. The summed E-state index contributed by atoms with van der Waals surface area (Å²) in [4.78, 5) is 22.2. The molecule has 3 fully saturated rings. The summed E-state index contributed by atoms with van der Waals surface area (Å²) >= 11 is 0. The molecule has 0 aromatic heterocycles. The summed E-state index contributed by atoms with van der Waals surface area (Å²) in [7, 11) is 0. The Hall–Kier alpha value is -2.08. The van der Waals surface area contributed by atoms with Gasteiger partial charge in [0, 0.05) is 38.3 Å². The summed E-state index contributed by atoms with van der Waals surface area (Å²) in [6, 6.07) is 7.96. The Morgan fingerprint density at radius 1 is 1.00 bits per heavy atom. The average molecular weight is 427 g/mol. The van der Waals surface area contributed by atoms with Crippen LogP contribution in [0.25, 0.3) is 0 Å². The van der Waals surface area contributed by atoms with Gasteiger partial charge in [0.2, 0.25) is 0 Å². The second-order valence-corrected chi connectivity index (χ2v) is 9.54. The number of nitrogens with one attached hydrogen (secondary N) is 1. The lowest BCUT2D eigenvalue weighted by molar-refractivity contribution is -0.0586. The van der Waals surface area contributed by atoms with Gasteiger partial charge in [-0.05, 0) is 63.1 Å². The molecule has 31 heavy (non-hydrogen) atoms. The molecule has 0 radical (unpaired) electrons. The molecule has 1 aromatic rings. The van der Waals surface area contributed by atoms with Crippen LogP contribution in [0.15, 0.2) is 29.3 Å². The minimum atomic E-state index is 0.0835. The van der Waals surface area contributed by atoms with Gasteiger partial charge in [-0.3, -0.25) is 4.79 Å². The van der Waals surface area contributed by atoms with Crippen LogP contribution in [0.1, 0.15) is 62.4 Å². The number of likely N-dealkylation sites (tertiary alicyclic amines) is 1. The van der Waals surface area contributed by atoms with Crippen molar-refractivity contribution in [3.8, 4) is 0 Å². The Bertz CT molecular complexity index is 754. The van der Waals surface area contributed by atoms with E-state index in [0.29, 0.717) is 19.6 Å². The van der Waals surface area contributed by atoms with Crippen molar-refractivity contribution in [1.29, 1.82) is 0 Å². The molecule has 1 aliphatic carbocycles. The highest BCUT2D eigenvalue weighted by atomic mass is 16.5. The van der Waals surface area contributed by atoms with E-state index in [4.69, 9.17) is 9.73 Å². The lowest BCUT2D eigenvalue weighted by Gasteiger charge is -2.35. The number of fused-ring (bicyclic) bond motifs is 1. The molecule has 0 bridgehead atoms. The first kappa shape index (κ1) is 22.1. The van der Waals surface area contributed by atoms with E-state index in [1.807, 2.05) is 43.0 Å². The lowest BCUT2D eigenvalue weighted by Crippen LogP contribution is -2.48. The molecule has 1 N–H and O–H groups in total. The summed E-state index contributed by atoms with van der Waals surface area (Å²) in [5, 5.41) is 3.49. The molecule has 4 atom stereocenters. The van der Waals surface area contributed by atoms with Gasteiger partial charge in [0.15, 0.2) is 5.96 Å². The van der Waals surface area contributed by atoms with Gasteiger partial charge in [0.25, 0.3) is 5.91 Å². The van der Waals surface area contributed by atoms with E-state index >= 15 is 0 Å². The molecule has 6 nitrogen and oxygen atoms in total. The van der Waals surface area contributed by atoms with E-state index in [2.05, 4.69) is 17.1 Å². The number of rotatable bonds is 4. The molecule has 2 heterocycles. The molecule has 4 unspecified atom stereocenters. The third-order valence-corrected chi connectivity index (χ3v) is 6.93. The summed E-state index contributed by atoms with van der Waals surface area (Å²) in [5.74, 6) is 2.81. The average Bonchev–Trinajstić information content (AvgIpc) is 3.20. The number of hydrogen-bond acceptors (Lipinski definition) is 3. The molecule has 4 rings (SSSR count). The van der Waals surface area contributed by atoms with Crippen molar-refractivity contribution in [2.45, 2.75) is 65.2 Å². The van der Waals surface area contributed by atoms with Crippen molar-refractivity contribution in [3.05, 3.63) is 35.4 Å². The smallest absolute Gasteiger partial charge is 0.254 e. The fraction of sp³-hybridized carbons (Fsp3) is 0.680. The maximum absolute atomic E-state index is 12.9. The molecule has 6 heteroatoms. The molecule has 1 aromatic carbocycles. The highest BCUT2D eigenvalue weighted by Gasteiger charge is 2.35. The second-order valence-electron chi connectivity index (χ2n) is 9.54. The number of amides is 1. The monoisotopic (exact) mass is 426 g/mol. The van der Waals surface area contributed by atoms with Crippen molar-refractivity contribution in [2.24, 2.45) is 16.8 Å². The van der Waals surface area contributed by atoms with Crippen LogP contribution in [0.4, 0.5) is 0 Å². The quantitative estimate of drug-likeness (QED) is 0.591. The maximum Gasteiger partial charge on any atom is 0.254 e. The molecular weight excluding hydrogens is 388 g/mol. The molecular formula is C25H38N4O2. The number of carbonyl (C=O) groups is 1. The molecule has 2 saturated heterocycles. The van der Waals surface area contributed by atoms with E-state index in [-0.39, 0.29) is 18.1 Å². The Morgan fingerprint density at radius 3 is 2.19 bits per heavy atom. The van der Waals surface area contributed by atoms with Crippen LogP contribution in [-0.2, 0) is 11.3 Å². The summed E-state index contributed by atoms with van der Waals surface area (Å²) in [5.41, 5.74) is 1.87. The molecule has 1 amide bonds. The normalized spacial score (nSPS) is 29.1. The number of hydrogen-bond donors (Lipinski definition) is 1. The largest absolute Gasteiger partial charge is 0.372 e. The number of aliphatic imine (C=N–C) groups is 1. The van der Waals surface area contributed by atoms with Crippen LogP contribution in [0.2, 0.25) is 0 Å². The van der Waals surface area contributed by atoms with E-state index in [9.17, 15) is 4.79 Å². The molecule has 2 aliphatic heterocycles. The Kier molecular flexibility index (Phi) is 7.16. The lowest BCUT2D eigenvalue weighted by atomic mass is 9.82. The van der Waals surface area contributed by atoms with Gasteiger partial charge in [0.1, 0.15) is 0 Å². The molecule has 3 aliphatic rings. The van der Waals surface area contributed by atoms with Crippen molar-refractivity contribution in [3.63, 3.8) is 0 Å². The van der Waals surface area contributed by atoms with Crippen molar-refractivity contribution >= 4 is 11.9 Å². The topological polar surface area (TPSA) is 57.2 Å². The minimum Gasteiger partial charge on any atom is -0.372 e. The van der Waals surface area contributed by atoms with Gasteiger partial charge in [0.05, 0.1) is 18.8 Å². The van der Waals surface area contributed by atoms with Gasteiger partial charge in [-0.25, -0.2) is 4.99 Å². The number of morpholine rings is 1. The number of ether oxygens (including phenoxy) is 1. The van der Waals surface area contributed by atoms with Crippen LogP contribution in [-0.4, -0.2) is 66.6 Å². The van der Waals surface area contributed by atoms with Crippen molar-refractivity contribution in [2.75, 3.05) is 32.7 Å². The third-order valence-electron chi connectivity index (χ3n) is 6.93. The van der Waals surface area contributed by atoms with Gasteiger partial charge >= 0.3 is 0 Å². The van der Waals surface area contributed by atoms with Crippen LogP contribution in [0.5, 0.6) is 0 Å². The number of guanidine groups is 1. The van der Waals surface area contributed by atoms with Gasteiger partial charge < -0.3 is 19.9 Å². The van der Waals surface area contributed by atoms with E-state index in [0.717, 1.165) is 48.6 Å². The van der Waals surface area contributed by atoms with Gasteiger partial charge in [-0.1, -0.05) is 25.0 Å².